The number of rotatable bonds is 1. The number of carbonyl (C=O) groups excluding carboxylic acids is 1. The first-order valence-electron chi connectivity index (χ1n) is 6.11. The molecule has 0 bridgehead atoms. The zero-order valence-electron chi connectivity index (χ0n) is 9.92. The van der Waals surface area contributed by atoms with Crippen molar-refractivity contribution in [3.8, 4) is 0 Å². The minimum atomic E-state index is 0.0292. The van der Waals surface area contributed by atoms with Crippen molar-refractivity contribution in [2.45, 2.75) is 18.2 Å². The molecule has 1 amide bonds. The van der Waals surface area contributed by atoms with Crippen LogP contribution in [0.5, 0.6) is 0 Å². The van der Waals surface area contributed by atoms with Gasteiger partial charge in [-0.2, -0.15) is 5.10 Å². The van der Waals surface area contributed by atoms with E-state index >= 15 is 0 Å². The Morgan fingerprint density at radius 1 is 1.44 bits per heavy atom. The first-order valence-corrected chi connectivity index (χ1v) is 6.55. The Morgan fingerprint density at radius 3 is 3.17 bits per heavy atom. The number of piperidine rings is 1. The molecule has 4 nitrogen and oxygen atoms in total. The summed E-state index contributed by atoms with van der Waals surface area (Å²) in [6.45, 7) is 1.41. The summed E-state index contributed by atoms with van der Waals surface area (Å²) >= 11 is 6.12. The van der Waals surface area contributed by atoms with Crippen LogP contribution in [0, 0.1) is 0 Å². The van der Waals surface area contributed by atoms with E-state index in [0.717, 1.165) is 24.9 Å². The fourth-order valence-electron chi connectivity index (χ4n) is 2.38. The Bertz CT molecular complexity index is 580. The highest BCUT2D eigenvalue weighted by atomic mass is 35.5. The van der Waals surface area contributed by atoms with E-state index < -0.39 is 0 Å². The summed E-state index contributed by atoms with van der Waals surface area (Å²) in [5.74, 6) is 0.0292. The molecule has 2 aromatic heterocycles. The lowest BCUT2D eigenvalue weighted by atomic mass is 10.1. The van der Waals surface area contributed by atoms with E-state index in [-0.39, 0.29) is 11.3 Å². The molecule has 0 saturated carbocycles. The third-order valence-corrected chi connectivity index (χ3v) is 3.66. The average Bonchev–Trinajstić information content (AvgIpc) is 2.82. The maximum atomic E-state index is 12.4. The second kappa shape index (κ2) is 4.61. The summed E-state index contributed by atoms with van der Waals surface area (Å²) in [5.41, 5.74) is 1.50. The Balaban J connectivity index is 1.92. The summed E-state index contributed by atoms with van der Waals surface area (Å²) in [5, 5.41) is 4.26. The van der Waals surface area contributed by atoms with Gasteiger partial charge in [-0.15, -0.1) is 11.6 Å². The van der Waals surface area contributed by atoms with Crippen molar-refractivity contribution in [3.05, 3.63) is 36.2 Å². The van der Waals surface area contributed by atoms with Gasteiger partial charge in [-0.25, -0.2) is 4.52 Å². The van der Waals surface area contributed by atoms with E-state index in [1.807, 2.05) is 29.3 Å². The number of hydrogen-bond acceptors (Lipinski definition) is 2. The summed E-state index contributed by atoms with van der Waals surface area (Å²) in [6, 6.07) is 5.71. The normalized spacial score (nSPS) is 20.3. The maximum absolute atomic E-state index is 12.4. The number of alkyl halides is 1. The molecular weight excluding hydrogens is 250 g/mol. The van der Waals surface area contributed by atoms with Crippen LogP contribution in [-0.4, -0.2) is 38.9 Å². The van der Waals surface area contributed by atoms with Crippen molar-refractivity contribution in [1.29, 1.82) is 0 Å². The second-order valence-corrected chi connectivity index (χ2v) is 5.20. The Morgan fingerprint density at radius 2 is 2.33 bits per heavy atom. The molecule has 1 aliphatic rings. The van der Waals surface area contributed by atoms with Crippen LogP contribution in [0.4, 0.5) is 0 Å². The molecule has 3 rings (SSSR count). The number of amides is 1. The fourth-order valence-corrected chi connectivity index (χ4v) is 2.70. The summed E-state index contributed by atoms with van der Waals surface area (Å²) < 4.78 is 1.72. The van der Waals surface area contributed by atoms with E-state index in [4.69, 9.17) is 11.6 Å². The highest BCUT2D eigenvalue weighted by Gasteiger charge is 2.24. The SMILES string of the molecule is O=C(c1cnn2ccccc12)N1CCCC(Cl)C1. The van der Waals surface area contributed by atoms with Gasteiger partial charge < -0.3 is 4.90 Å². The highest BCUT2D eigenvalue weighted by Crippen LogP contribution is 2.19. The third kappa shape index (κ3) is 1.97. The number of halogens is 1. The molecule has 0 aromatic carbocycles. The lowest BCUT2D eigenvalue weighted by Crippen LogP contribution is -2.40. The van der Waals surface area contributed by atoms with Crippen LogP contribution >= 0.6 is 11.6 Å². The van der Waals surface area contributed by atoms with Crippen LogP contribution in [0.1, 0.15) is 23.2 Å². The number of aromatic nitrogens is 2. The Labute approximate surface area is 110 Å². The quantitative estimate of drug-likeness (QED) is 0.740. The van der Waals surface area contributed by atoms with Crippen molar-refractivity contribution in [3.63, 3.8) is 0 Å². The number of nitrogens with zero attached hydrogens (tertiary/aromatic N) is 3. The minimum absolute atomic E-state index is 0.0292. The number of likely N-dealkylation sites (tertiary alicyclic amines) is 1. The predicted octanol–water partition coefficient (Wildman–Crippen LogP) is 2.18. The van der Waals surface area contributed by atoms with E-state index in [2.05, 4.69) is 5.10 Å². The standard InChI is InChI=1S/C13H14ClN3O/c14-10-4-3-6-16(9-10)13(18)11-8-15-17-7-2-1-5-12(11)17/h1-2,5,7-8,10H,3-4,6,9H2. The van der Waals surface area contributed by atoms with Gasteiger partial charge in [0.15, 0.2) is 0 Å². The molecule has 1 aliphatic heterocycles. The van der Waals surface area contributed by atoms with Gasteiger partial charge in [0.05, 0.1) is 22.7 Å². The van der Waals surface area contributed by atoms with Crippen LogP contribution < -0.4 is 0 Å². The number of fused-ring (bicyclic) bond motifs is 1. The molecule has 0 spiro atoms. The molecule has 3 heterocycles. The zero-order valence-corrected chi connectivity index (χ0v) is 10.7. The summed E-state index contributed by atoms with van der Waals surface area (Å²) in [4.78, 5) is 14.3. The van der Waals surface area contributed by atoms with Crippen molar-refractivity contribution < 1.29 is 4.79 Å². The van der Waals surface area contributed by atoms with Gasteiger partial charge in [0, 0.05) is 19.3 Å². The Kier molecular flexibility index (Phi) is 2.96. The molecule has 0 radical (unpaired) electrons. The minimum Gasteiger partial charge on any atom is -0.337 e. The van der Waals surface area contributed by atoms with Crippen LogP contribution in [0.15, 0.2) is 30.6 Å². The lowest BCUT2D eigenvalue weighted by Gasteiger charge is -2.29. The van der Waals surface area contributed by atoms with Crippen LogP contribution in [0.2, 0.25) is 0 Å². The summed E-state index contributed by atoms with van der Waals surface area (Å²) in [7, 11) is 0. The van der Waals surface area contributed by atoms with Gasteiger partial charge in [0.25, 0.3) is 5.91 Å². The monoisotopic (exact) mass is 263 g/mol. The average molecular weight is 264 g/mol. The van der Waals surface area contributed by atoms with Gasteiger partial charge in [-0.05, 0) is 25.0 Å². The maximum Gasteiger partial charge on any atom is 0.257 e. The molecular formula is C13H14ClN3O. The van der Waals surface area contributed by atoms with Gasteiger partial charge >= 0.3 is 0 Å². The van der Waals surface area contributed by atoms with Crippen LogP contribution in [0.3, 0.4) is 0 Å². The zero-order chi connectivity index (χ0) is 12.5. The van der Waals surface area contributed by atoms with E-state index in [1.54, 1.807) is 10.7 Å². The number of hydrogen-bond donors (Lipinski definition) is 0. The van der Waals surface area contributed by atoms with Gasteiger partial charge in [0.1, 0.15) is 0 Å². The molecule has 1 unspecified atom stereocenters. The first kappa shape index (κ1) is 11.5. The molecule has 5 heteroatoms. The van der Waals surface area contributed by atoms with Crippen molar-refractivity contribution in [1.82, 2.24) is 14.5 Å². The molecule has 0 aliphatic carbocycles. The number of carbonyl (C=O) groups is 1. The lowest BCUT2D eigenvalue weighted by molar-refractivity contribution is 0.0729. The largest absolute Gasteiger partial charge is 0.337 e. The molecule has 2 aromatic rings. The molecule has 1 atom stereocenters. The van der Waals surface area contributed by atoms with Crippen LogP contribution in [0.25, 0.3) is 5.52 Å². The van der Waals surface area contributed by atoms with Crippen LogP contribution in [-0.2, 0) is 0 Å². The van der Waals surface area contributed by atoms with Crippen molar-refractivity contribution in [2.24, 2.45) is 0 Å². The fraction of sp³-hybridized carbons (Fsp3) is 0.385. The van der Waals surface area contributed by atoms with Gasteiger partial charge in [-0.1, -0.05) is 6.07 Å². The Hall–Kier alpha value is -1.55. The number of pyridine rings is 1. The third-order valence-electron chi connectivity index (χ3n) is 3.31. The smallest absolute Gasteiger partial charge is 0.257 e. The van der Waals surface area contributed by atoms with Gasteiger partial charge in [0.2, 0.25) is 0 Å². The predicted molar refractivity (Wildman–Crippen MR) is 70.0 cm³/mol. The van der Waals surface area contributed by atoms with Gasteiger partial charge in [-0.3, -0.25) is 4.79 Å². The van der Waals surface area contributed by atoms with E-state index in [9.17, 15) is 4.79 Å². The first-order chi connectivity index (χ1) is 8.75. The topological polar surface area (TPSA) is 37.6 Å². The second-order valence-electron chi connectivity index (χ2n) is 4.58. The molecule has 0 N–H and O–H groups in total. The molecule has 18 heavy (non-hydrogen) atoms. The molecule has 1 fully saturated rings. The van der Waals surface area contributed by atoms with E-state index in [0.29, 0.717) is 12.1 Å². The van der Waals surface area contributed by atoms with Crippen molar-refractivity contribution in [2.75, 3.05) is 13.1 Å². The molecule has 1 saturated heterocycles. The highest BCUT2D eigenvalue weighted by molar-refractivity contribution is 6.21. The summed E-state index contributed by atoms with van der Waals surface area (Å²) in [6.07, 6.45) is 5.43. The van der Waals surface area contributed by atoms with E-state index in [1.165, 1.54) is 0 Å². The van der Waals surface area contributed by atoms with Crippen molar-refractivity contribution >= 4 is 23.0 Å². The molecule has 94 valence electrons.